The van der Waals surface area contributed by atoms with E-state index in [-0.39, 0.29) is 42.7 Å². The SMILES string of the molecule is Cc1ccc(-n2nc(-c3ccccc3)c3c2N(CC(=O)NCc2ccco2)C(=O)CS[C@@H]3c2ccc3c(c2)OCO3)cc1. The first kappa shape index (κ1) is 26.9. The Hall–Kier alpha value is -4.96. The van der Waals surface area contributed by atoms with Crippen LogP contribution >= 0.6 is 11.8 Å². The topological polar surface area (TPSA) is 98.8 Å². The van der Waals surface area contributed by atoms with Crippen LogP contribution in [0, 0.1) is 6.92 Å². The van der Waals surface area contributed by atoms with E-state index in [2.05, 4.69) is 5.32 Å². The average molecular weight is 593 g/mol. The largest absolute Gasteiger partial charge is 0.467 e. The molecule has 2 aromatic heterocycles. The third-order valence-electron chi connectivity index (χ3n) is 7.46. The first-order chi connectivity index (χ1) is 21.0. The number of fused-ring (bicyclic) bond motifs is 2. The van der Waals surface area contributed by atoms with Crippen molar-refractivity contribution in [2.24, 2.45) is 0 Å². The second kappa shape index (κ2) is 11.4. The molecule has 0 bridgehead atoms. The monoisotopic (exact) mass is 592 g/mol. The van der Waals surface area contributed by atoms with Crippen LogP contribution in [0.25, 0.3) is 16.9 Å². The van der Waals surface area contributed by atoms with E-state index in [0.29, 0.717) is 23.1 Å². The number of nitrogens with one attached hydrogen (secondary N) is 1. The molecule has 1 atom stereocenters. The lowest BCUT2D eigenvalue weighted by atomic mass is 9.99. The number of nitrogens with zero attached hydrogens (tertiary/aromatic N) is 3. The molecule has 0 unspecified atom stereocenters. The molecule has 1 N–H and O–H groups in total. The van der Waals surface area contributed by atoms with E-state index < -0.39 is 0 Å². The Bertz CT molecular complexity index is 1780. The predicted molar refractivity (Wildman–Crippen MR) is 164 cm³/mol. The van der Waals surface area contributed by atoms with E-state index in [1.54, 1.807) is 28.0 Å². The van der Waals surface area contributed by atoms with Gasteiger partial charge in [-0.25, -0.2) is 4.68 Å². The number of amides is 2. The Morgan fingerprint density at radius 2 is 1.81 bits per heavy atom. The molecule has 9 nitrogen and oxygen atoms in total. The van der Waals surface area contributed by atoms with Crippen LogP contribution in [0.5, 0.6) is 11.5 Å². The van der Waals surface area contributed by atoms with Gasteiger partial charge in [-0.05, 0) is 48.9 Å². The van der Waals surface area contributed by atoms with Crippen molar-refractivity contribution < 1.29 is 23.5 Å². The lowest BCUT2D eigenvalue weighted by Crippen LogP contribution is -2.42. The summed E-state index contributed by atoms with van der Waals surface area (Å²) in [4.78, 5) is 28.8. The van der Waals surface area contributed by atoms with Gasteiger partial charge in [0, 0.05) is 11.1 Å². The highest BCUT2D eigenvalue weighted by atomic mass is 32.2. The van der Waals surface area contributed by atoms with Crippen LogP contribution in [0.2, 0.25) is 0 Å². The molecular weight excluding hydrogens is 564 g/mol. The molecule has 4 heterocycles. The van der Waals surface area contributed by atoms with Gasteiger partial charge in [0.05, 0.1) is 35.2 Å². The number of rotatable bonds is 7. The maximum absolute atomic E-state index is 13.9. The fourth-order valence-electron chi connectivity index (χ4n) is 5.33. The van der Waals surface area contributed by atoms with Crippen LogP contribution in [-0.4, -0.2) is 40.7 Å². The molecule has 0 saturated heterocycles. The van der Waals surface area contributed by atoms with Crippen molar-refractivity contribution in [3.8, 4) is 28.4 Å². The number of aryl methyl sites for hydroxylation is 1. The zero-order valence-corrected chi connectivity index (χ0v) is 24.2. The minimum Gasteiger partial charge on any atom is -0.467 e. The summed E-state index contributed by atoms with van der Waals surface area (Å²) in [7, 11) is 0. The van der Waals surface area contributed by atoms with Crippen molar-refractivity contribution in [1.29, 1.82) is 0 Å². The standard InChI is InChI=1S/C33H28N4O5S/c1-21-9-12-24(13-10-21)37-33-30(31(35-37)22-6-3-2-4-7-22)32(23-11-14-26-27(16-23)42-20-41-26)43-19-29(39)36(33)18-28(38)34-17-25-8-5-15-40-25/h2-16,32H,17-20H2,1H3,(H,34,38)/t32-/m1/s1. The van der Waals surface area contributed by atoms with E-state index in [4.69, 9.17) is 19.0 Å². The molecule has 43 heavy (non-hydrogen) atoms. The zero-order valence-electron chi connectivity index (χ0n) is 23.4. The summed E-state index contributed by atoms with van der Waals surface area (Å²) in [6.07, 6.45) is 1.56. The molecule has 0 saturated carbocycles. The van der Waals surface area contributed by atoms with Crippen LogP contribution in [0.3, 0.4) is 0 Å². The van der Waals surface area contributed by atoms with Crippen molar-refractivity contribution in [2.45, 2.75) is 18.7 Å². The number of thioether (sulfide) groups is 1. The maximum Gasteiger partial charge on any atom is 0.240 e. The van der Waals surface area contributed by atoms with E-state index in [9.17, 15) is 9.59 Å². The number of benzene rings is 3. The molecule has 0 radical (unpaired) electrons. The highest BCUT2D eigenvalue weighted by molar-refractivity contribution is 8.00. The third-order valence-corrected chi connectivity index (χ3v) is 8.71. The number of aromatic nitrogens is 2. The highest BCUT2D eigenvalue weighted by Gasteiger charge is 2.38. The molecule has 2 aliphatic heterocycles. The number of carbonyl (C=O) groups excluding carboxylic acids is 2. The first-order valence-corrected chi connectivity index (χ1v) is 15.0. The second-order valence-electron chi connectivity index (χ2n) is 10.3. The van der Waals surface area contributed by atoms with Crippen molar-refractivity contribution in [3.05, 3.63) is 114 Å². The van der Waals surface area contributed by atoms with Gasteiger partial charge in [0.2, 0.25) is 18.6 Å². The zero-order chi connectivity index (χ0) is 29.3. The molecule has 216 valence electrons. The summed E-state index contributed by atoms with van der Waals surface area (Å²) >= 11 is 1.51. The van der Waals surface area contributed by atoms with Gasteiger partial charge >= 0.3 is 0 Å². The summed E-state index contributed by atoms with van der Waals surface area (Å²) in [5, 5.41) is 7.75. The number of ether oxygens (including phenoxy) is 2. The Morgan fingerprint density at radius 1 is 1.00 bits per heavy atom. The summed E-state index contributed by atoms with van der Waals surface area (Å²) < 4.78 is 18.4. The molecule has 0 spiro atoms. The van der Waals surface area contributed by atoms with Crippen molar-refractivity contribution >= 4 is 29.4 Å². The van der Waals surface area contributed by atoms with E-state index >= 15 is 0 Å². The summed E-state index contributed by atoms with van der Waals surface area (Å²) in [6.45, 7) is 2.24. The van der Waals surface area contributed by atoms with Crippen molar-refractivity contribution in [1.82, 2.24) is 15.1 Å². The van der Waals surface area contributed by atoms with E-state index in [1.807, 2.05) is 79.7 Å². The summed E-state index contributed by atoms with van der Waals surface area (Å²) in [6, 6.07) is 27.3. The Labute approximate surface area is 252 Å². The Balaban J connectivity index is 1.40. The van der Waals surface area contributed by atoms with E-state index in [1.165, 1.54) is 11.8 Å². The number of anilines is 1. The molecule has 0 aliphatic carbocycles. The number of hydrogen-bond acceptors (Lipinski definition) is 7. The Morgan fingerprint density at radius 3 is 2.60 bits per heavy atom. The lowest BCUT2D eigenvalue weighted by Gasteiger charge is -2.23. The maximum atomic E-state index is 13.9. The molecule has 10 heteroatoms. The first-order valence-electron chi connectivity index (χ1n) is 13.9. The van der Waals surface area contributed by atoms with Gasteiger partial charge in [0.25, 0.3) is 0 Å². The molecule has 0 fully saturated rings. The highest BCUT2D eigenvalue weighted by Crippen LogP contribution is 2.50. The molecule has 2 aliphatic rings. The van der Waals surface area contributed by atoms with Crippen LogP contribution in [0.1, 0.15) is 27.7 Å². The van der Waals surface area contributed by atoms with Gasteiger partial charge < -0.3 is 19.2 Å². The average Bonchev–Trinajstić information content (AvgIpc) is 3.79. The summed E-state index contributed by atoms with van der Waals surface area (Å²) in [5.41, 5.74) is 5.33. The third kappa shape index (κ3) is 5.25. The smallest absolute Gasteiger partial charge is 0.240 e. The van der Waals surface area contributed by atoms with Gasteiger partial charge in [-0.1, -0.05) is 54.1 Å². The van der Waals surface area contributed by atoms with Gasteiger partial charge in [0.1, 0.15) is 18.1 Å². The van der Waals surface area contributed by atoms with Crippen LogP contribution in [0.15, 0.2) is 95.6 Å². The normalized spacial score (nSPS) is 15.7. The van der Waals surface area contributed by atoms with Crippen molar-refractivity contribution in [2.75, 3.05) is 24.0 Å². The molecular formula is C33H28N4O5S. The quantitative estimate of drug-likeness (QED) is 0.261. The van der Waals surface area contributed by atoms with E-state index in [0.717, 1.165) is 33.6 Å². The minimum atomic E-state index is -0.305. The second-order valence-corrected chi connectivity index (χ2v) is 11.4. The van der Waals surface area contributed by atoms with Gasteiger partial charge in [0.15, 0.2) is 11.5 Å². The van der Waals surface area contributed by atoms with Gasteiger partial charge in [-0.15, -0.1) is 11.8 Å². The summed E-state index contributed by atoms with van der Waals surface area (Å²) in [5.74, 6) is 2.22. The number of carbonyl (C=O) groups is 2. The predicted octanol–water partition coefficient (Wildman–Crippen LogP) is 5.66. The lowest BCUT2D eigenvalue weighted by molar-refractivity contribution is -0.123. The molecule has 7 rings (SSSR count). The minimum absolute atomic E-state index is 0.168. The van der Waals surface area contributed by atoms with Gasteiger partial charge in [-0.3, -0.25) is 14.5 Å². The van der Waals surface area contributed by atoms with Gasteiger partial charge in [-0.2, -0.15) is 5.10 Å². The van der Waals surface area contributed by atoms with Crippen LogP contribution in [-0.2, 0) is 16.1 Å². The number of hydrogen-bond donors (Lipinski definition) is 1. The van der Waals surface area contributed by atoms with Crippen LogP contribution < -0.4 is 19.7 Å². The molecule has 5 aromatic rings. The Kier molecular flexibility index (Phi) is 7.12. The van der Waals surface area contributed by atoms with Crippen LogP contribution in [0.4, 0.5) is 5.82 Å². The fraction of sp³-hybridized carbons (Fsp3) is 0.182. The van der Waals surface area contributed by atoms with Crippen molar-refractivity contribution in [3.63, 3.8) is 0 Å². The molecule has 2 amide bonds. The fourth-order valence-corrected chi connectivity index (χ4v) is 6.52. The number of furan rings is 1. The molecule has 3 aromatic carbocycles.